The van der Waals surface area contributed by atoms with Crippen LogP contribution in [-0.2, 0) is 22.5 Å². The van der Waals surface area contributed by atoms with Crippen molar-refractivity contribution in [3.05, 3.63) is 128 Å². The number of thioether (sulfide) groups is 1. The van der Waals surface area contributed by atoms with Crippen LogP contribution in [0.3, 0.4) is 0 Å². The first-order valence-corrected chi connectivity index (χ1v) is 13.2. The Balaban J connectivity index is 1.50. The van der Waals surface area contributed by atoms with Gasteiger partial charge in [-0.15, -0.1) is 0 Å². The van der Waals surface area contributed by atoms with Crippen molar-refractivity contribution < 1.29 is 13.6 Å². The number of rotatable bonds is 5. The van der Waals surface area contributed by atoms with Gasteiger partial charge >= 0.3 is 0 Å². The number of fused-ring (bicyclic) bond motifs is 4. The fraction of sp³-hybridized carbons (Fsp3) is 0.103. The second kappa shape index (κ2) is 9.66. The Morgan fingerprint density at radius 3 is 2.60 bits per heavy atom. The number of nitrogens with zero attached hydrogens (tertiary/aromatic N) is 3. The van der Waals surface area contributed by atoms with E-state index in [2.05, 4.69) is 15.3 Å². The van der Waals surface area contributed by atoms with Gasteiger partial charge in [-0.25, -0.2) is 13.8 Å². The van der Waals surface area contributed by atoms with Gasteiger partial charge in [-0.3, -0.25) is 9.59 Å². The van der Waals surface area contributed by atoms with Gasteiger partial charge < -0.3 is 20.9 Å². The Hall–Kier alpha value is -4.95. The molecule has 6 rings (SSSR count). The van der Waals surface area contributed by atoms with Crippen LogP contribution in [0.1, 0.15) is 22.3 Å². The molecule has 2 aliphatic rings. The van der Waals surface area contributed by atoms with Crippen LogP contribution in [0.4, 0.5) is 20.3 Å². The van der Waals surface area contributed by atoms with E-state index in [-0.39, 0.29) is 46.0 Å². The second-order valence-electron chi connectivity index (χ2n) is 9.29. The molecule has 2 aliphatic heterocycles. The summed E-state index contributed by atoms with van der Waals surface area (Å²) in [5.41, 5.74) is 5.36. The Bertz CT molecular complexity index is 1830. The smallest absolute Gasteiger partial charge is 0.258 e. The molecule has 40 heavy (non-hydrogen) atoms. The fourth-order valence-electron chi connectivity index (χ4n) is 5.29. The minimum absolute atomic E-state index is 0.00135. The number of hydrogen-bond acceptors (Lipinski definition) is 7. The number of halogens is 2. The Kier molecular flexibility index (Phi) is 6.12. The van der Waals surface area contributed by atoms with E-state index in [1.165, 1.54) is 23.1 Å². The summed E-state index contributed by atoms with van der Waals surface area (Å²) in [6.45, 7) is -0.00135. The van der Waals surface area contributed by atoms with Crippen molar-refractivity contribution in [2.45, 2.75) is 22.9 Å². The molecule has 1 atom stereocenters. The van der Waals surface area contributed by atoms with Gasteiger partial charge in [-0.05, 0) is 35.4 Å². The number of aromatic amines is 1. The summed E-state index contributed by atoms with van der Waals surface area (Å²) in [6.07, 6.45) is 0. The lowest BCUT2D eigenvalue weighted by Gasteiger charge is -2.34. The number of nitrogens with one attached hydrogen (secondary N) is 2. The largest absolute Gasteiger partial charge is 0.384 e. The maximum absolute atomic E-state index is 14.4. The first-order valence-electron chi connectivity index (χ1n) is 12.2. The number of nitriles is 1. The topological polar surface area (TPSA) is 128 Å². The van der Waals surface area contributed by atoms with Crippen LogP contribution >= 0.6 is 11.8 Å². The van der Waals surface area contributed by atoms with Gasteiger partial charge in [0.15, 0.2) is 5.16 Å². The third-order valence-electron chi connectivity index (χ3n) is 7.00. The summed E-state index contributed by atoms with van der Waals surface area (Å²) in [5.74, 6) is -1.33. The fourth-order valence-corrected chi connectivity index (χ4v) is 6.14. The molecule has 0 radical (unpaired) electrons. The van der Waals surface area contributed by atoms with Crippen molar-refractivity contribution in [2.75, 3.05) is 10.2 Å². The summed E-state index contributed by atoms with van der Waals surface area (Å²) in [4.78, 5) is 36.8. The van der Waals surface area contributed by atoms with Gasteiger partial charge in [0, 0.05) is 17.0 Å². The molecule has 198 valence electrons. The highest BCUT2D eigenvalue weighted by atomic mass is 32.2. The summed E-state index contributed by atoms with van der Waals surface area (Å²) in [6, 6.07) is 21.0. The van der Waals surface area contributed by atoms with Crippen molar-refractivity contribution in [3.63, 3.8) is 0 Å². The van der Waals surface area contributed by atoms with Crippen molar-refractivity contribution in [3.8, 4) is 6.07 Å². The molecule has 1 aromatic heterocycles. The molecule has 1 unspecified atom stereocenters. The maximum Gasteiger partial charge on any atom is 0.258 e. The first-order chi connectivity index (χ1) is 19.3. The highest BCUT2D eigenvalue weighted by molar-refractivity contribution is 7.98. The van der Waals surface area contributed by atoms with E-state index in [0.717, 1.165) is 11.8 Å². The zero-order chi connectivity index (χ0) is 28.0. The minimum Gasteiger partial charge on any atom is -0.384 e. The number of amides is 1. The third-order valence-corrected chi connectivity index (χ3v) is 7.92. The Morgan fingerprint density at radius 1 is 1.05 bits per heavy atom. The highest BCUT2D eigenvalue weighted by Crippen LogP contribution is 2.53. The molecule has 4 N–H and O–H groups in total. The van der Waals surface area contributed by atoms with E-state index >= 15 is 0 Å². The number of hydrogen-bond donors (Lipinski definition) is 3. The zero-order valence-electron chi connectivity index (χ0n) is 20.7. The number of anilines is 2. The second-order valence-corrected chi connectivity index (χ2v) is 10.3. The van der Waals surface area contributed by atoms with Crippen LogP contribution in [0.15, 0.2) is 94.1 Å². The molecule has 11 heteroatoms. The molecule has 8 nitrogen and oxygen atoms in total. The van der Waals surface area contributed by atoms with E-state index in [4.69, 9.17) is 5.73 Å². The Labute approximate surface area is 231 Å². The van der Waals surface area contributed by atoms with E-state index in [9.17, 15) is 23.6 Å². The number of nitrogens with two attached hydrogens (primary N) is 1. The summed E-state index contributed by atoms with van der Waals surface area (Å²) < 4.78 is 28.1. The van der Waals surface area contributed by atoms with Crippen molar-refractivity contribution >= 4 is 29.2 Å². The summed E-state index contributed by atoms with van der Waals surface area (Å²) in [5, 5.41) is 13.2. The normalized spacial score (nSPS) is 17.4. The van der Waals surface area contributed by atoms with E-state index < -0.39 is 22.7 Å². The molecule has 0 saturated heterocycles. The third kappa shape index (κ3) is 3.84. The van der Waals surface area contributed by atoms with Crippen LogP contribution in [0.25, 0.3) is 0 Å². The quantitative estimate of drug-likeness (QED) is 0.248. The van der Waals surface area contributed by atoms with Gasteiger partial charge in [0.2, 0.25) is 5.91 Å². The number of benzene rings is 3. The average molecular weight is 555 g/mol. The molecular weight excluding hydrogens is 534 g/mol. The highest BCUT2D eigenvalue weighted by Gasteiger charge is 2.60. The molecule has 0 saturated carbocycles. The molecule has 1 amide bonds. The van der Waals surface area contributed by atoms with Crippen molar-refractivity contribution in [2.24, 2.45) is 5.73 Å². The zero-order valence-corrected chi connectivity index (χ0v) is 21.6. The van der Waals surface area contributed by atoms with Crippen molar-refractivity contribution in [1.82, 2.24) is 9.97 Å². The van der Waals surface area contributed by atoms with Crippen LogP contribution in [-0.4, -0.2) is 15.9 Å². The Morgan fingerprint density at radius 2 is 1.82 bits per heavy atom. The molecule has 3 aromatic carbocycles. The maximum atomic E-state index is 14.4. The van der Waals surface area contributed by atoms with Gasteiger partial charge in [0.25, 0.3) is 5.56 Å². The molecule has 0 fully saturated rings. The first kappa shape index (κ1) is 25.3. The number of aromatic nitrogens is 2. The van der Waals surface area contributed by atoms with Gasteiger partial charge in [-0.2, -0.15) is 5.26 Å². The average Bonchev–Trinajstić information content (AvgIpc) is 3.16. The number of para-hydroxylation sites is 1. The number of carbonyl (C=O) groups excluding carboxylic acids is 1. The van der Waals surface area contributed by atoms with Crippen LogP contribution < -0.4 is 21.5 Å². The monoisotopic (exact) mass is 554 g/mol. The molecule has 4 aromatic rings. The predicted molar refractivity (Wildman–Crippen MR) is 146 cm³/mol. The van der Waals surface area contributed by atoms with Gasteiger partial charge in [0.1, 0.15) is 34.8 Å². The SMILES string of the molecule is N#CC1=C(N)Nc2nc(SCc3ccccc3F)[nH]c(=O)c2C12C(=O)N(Cc1cccc(F)c1)c1ccccc12. The van der Waals surface area contributed by atoms with Crippen LogP contribution in [0.5, 0.6) is 0 Å². The molecule has 3 heterocycles. The van der Waals surface area contributed by atoms with Gasteiger partial charge in [-0.1, -0.05) is 60.3 Å². The molecule has 0 aliphatic carbocycles. The standard InChI is InChI=1S/C29H20F2N6O2S/c30-18-8-5-6-16(12-18)14-37-22-11-4-2-9-19(22)29(27(37)39)20(13-32)24(33)34-25-23(29)26(38)36-28(35-25)40-15-17-7-1-3-10-21(17)31/h1-12H,14-15,33H2,(H2,34,35,36,38). The number of carbonyl (C=O) groups is 1. The number of H-pyrrole nitrogens is 1. The van der Waals surface area contributed by atoms with Crippen LogP contribution in [0, 0.1) is 23.0 Å². The van der Waals surface area contributed by atoms with Crippen molar-refractivity contribution in [1.29, 1.82) is 5.26 Å². The summed E-state index contributed by atoms with van der Waals surface area (Å²) in [7, 11) is 0. The minimum atomic E-state index is -1.88. The van der Waals surface area contributed by atoms with Gasteiger partial charge in [0.05, 0.1) is 17.7 Å². The summed E-state index contributed by atoms with van der Waals surface area (Å²) >= 11 is 1.10. The lowest BCUT2D eigenvalue weighted by molar-refractivity contribution is -0.120. The molecule has 0 bridgehead atoms. The van der Waals surface area contributed by atoms with E-state index in [1.807, 2.05) is 6.07 Å². The van der Waals surface area contributed by atoms with E-state index in [1.54, 1.807) is 54.6 Å². The lowest BCUT2D eigenvalue weighted by atomic mass is 9.69. The molecule has 1 spiro atoms. The predicted octanol–water partition coefficient (Wildman–Crippen LogP) is 4.29. The van der Waals surface area contributed by atoms with Crippen LogP contribution in [0.2, 0.25) is 0 Å². The van der Waals surface area contributed by atoms with E-state index in [0.29, 0.717) is 22.4 Å². The lowest BCUT2D eigenvalue weighted by Crippen LogP contribution is -2.49. The molecular formula is C29H20F2N6O2S.